The number of benzene rings is 1. The lowest BCUT2D eigenvalue weighted by Gasteiger charge is -2.15. The lowest BCUT2D eigenvalue weighted by molar-refractivity contribution is -0.0515. The molecule has 1 aromatic carbocycles. The van der Waals surface area contributed by atoms with Crippen LogP contribution in [-0.2, 0) is 6.54 Å². The quantitative estimate of drug-likeness (QED) is 0.737. The zero-order valence-corrected chi connectivity index (χ0v) is 15.5. The van der Waals surface area contributed by atoms with Gasteiger partial charge in [0.05, 0.1) is 12.7 Å². The van der Waals surface area contributed by atoms with E-state index in [0.717, 1.165) is 31.2 Å². The molecule has 1 fully saturated rings. The molecule has 0 bridgehead atoms. The molecule has 28 heavy (non-hydrogen) atoms. The Kier molecular flexibility index (Phi) is 6.62. The molecule has 1 aromatic heterocycles. The predicted octanol–water partition coefficient (Wildman–Crippen LogP) is 3.94. The molecule has 0 saturated heterocycles. The van der Waals surface area contributed by atoms with Gasteiger partial charge in [0.25, 0.3) is 5.91 Å². The highest BCUT2D eigenvalue weighted by Crippen LogP contribution is 2.32. The van der Waals surface area contributed by atoms with Crippen molar-refractivity contribution in [3.8, 4) is 17.4 Å². The van der Waals surface area contributed by atoms with Gasteiger partial charge in [-0.25, -0.2) is 4.98 Å². The van der Waals surface area contributed by atoms with Gasteiger partial charge in [-0.2, -0.15) is 8.78 Å². The van der Waals surface area contributed by atoms with Crippen molar-refractivity contribution in [2.24, 2.45) is 0 Å². The fourth-order valence-electron chi connectivity index (χ4n) is 3.15. The summed E-state index contributed by atoms with van der Waals surface area (Å²) in [4.78, 5) is 16.7. The minimum atomic E-state index is -3.07. The van der Waals surface area contributed by atoms with Crippen LogP contribution in [0.15, 0.2) is 36.5 Å². The summed E-state index contributed by atoms with van der Waals surface area (Å²) >= 11 is 0. The number of hydrogen-bond donors (Lipinski definition) is 1. The lowest BCUT2D eigenvalue weighted by atomic mass is 10.1. The Morgan fingerprint density at radius 1 is 1.29 bits per heavy atom. The van der Waals surface area contributed by atoms with Gasteiger partial charge < -0.3 is 19.5 Å². The second-order valence-corrected chi connectivity index (χ2v) is 6.42. The van der Waals surface area contributed by atoms with Gasteiger partial charge in [0, 0.05) is 18.8 Å². The van der Waals surface area contributed by atoms with E-state index in [2.05, 4.69) is 15.0 Å². The van der Waals surface area contributed by atoms with Crippen LogP contribution in [0.25, 0.3) is 0 Å². The first kappa shape index (κ1) is 19.9. The Balaban J connectivity index is 1.67. The average Bonchev–Trinajstić information content (AvgIpc) is 3.19. The van der Waals surface area contributed by atoms with Gasteiger partial charge in [-0.15, -0.1) is 0 Å². The monoisotopic (exact) mass is 392 g/mol. The Bertz CT molecular complexity index is 811. The number of amides is 1. The second kappa shape index (κ2) is 9.34. The highest BCUT2D eigenvalue weighted by Gasteiger charge is 2.20. The van der Waals surface area contributed by atoms with E-state index < -0.39 is 12.5 Å². The topological polar surface area (TPSA) is 69.7 Å². The number of methoxy groups -OCH3 is 1. The molecule has 0 atom stereocenters. The van der Waals surface area contributed by atoms with E-state index >= 15 is 0 Å². The van der Waals surface area contributed by atoms with Crippen molar-refractivity contribution in [3.05, 3.63) is 47.7 Å². The van der Waals surface area contributed by atoms with Crippen LogP contribution in [0.2, 0.25) is 0 Å². The van der Waals surface area contributed by atoms with E-state index in [1.807, 2.05) is 0 Å². The number of halogens is 2. The maximum absolute atomic E-state index is 12.7. The van der Waals surface area contributed by atoms with Crippen LogP contribution in [0.1, 0.15) is 41.6 Å². The number of hydrogen-bond acceptors (Lipinski definition) is 5. The molecule has 1 saturated carbocycles. The van der Waals surface area contributed by atoms with Gasteiger partial charge >= 0.3 is 6.61 Å². The van der Waals surface area contributed by atoms with Gasteiger partial charge in [0.15, 0.2) is 11.5 Å². The third-order valence-corrected chi connectivity index (χ3v) is 4.49. The first-order valence-corrected chi connectivity index (χ1v) is 9.08. The van der Waals surface area contributed by atoms with Crippen molar-refractivity contribution >= 4 is 5.91 Å². The molecule has 1 aliphatic carbocycles. The zero-order chi connectivity index (χ0) is 19.9. The van der Waals surface area contributed by atoms with Crippen molar-refractivity contribution < 1.29 is 27.8 Å². The smallest absolute Gasteiger partial charge is 0.387 e. The Morgan fingerprint density at radius 2 is 2.07 bits per heavy atom. The lowest BCUT2D eigenvalue weighted by Crippen LogP contribution is -2.24. The number of pyridine rings is 1. The first-order chi connectivity index (χ1) is 13.6. The van der Waals surface area contributed by atoms with E-state index in [1.54, 1.807) is 18.3 Å². The van der Waals surface area contributed by atoms with Gasteiger partial charge in [-0.1, -0.05) is 6.07 Å². The summed E-state index contributed by atoms with van der Waals surface area (Å²) in [6.07, 6.45) is 6.15. The molecule has 1 N–H and O–H groups in total. The molecule has 3 rings (SSSR count). The number of nitrogens with one attached hydrogen (secondary N) is 1. The van der Waals surface area contributed by atoms with Gasteiger partial charge in [-0.05, 0) is 49.4 Å². The minimum absolute atomic E-state index is 0.0314. The molecule has 150 valence electrons. The molecule has 6 nitrogen and oxygen atoms in total. The van der Waals surface area contributed by atoms with E-state index in [4.69, 9.17) is 9.47 Å². The van der Waals surface area contributed by atoms with Crippen molar-refractivity contribution in [1.29, 1.82) is 0 Å². The summed E-state index contributed by atoms with van der Waals surface area (Å²) in [5.41, 5.74) is 0.756. The van der Waals surface area contributed by atoms with Crippen LogP contribution in [0.3, 0.4) is 0 Å². The third kappa shape index (κ3) is 5.09. The first-order valence-electron chi connectivity index (χ1n) is 9.08. The molecule has 0 unspecified atom stereocenters. The average molecular weight is 392 g/mol. The van der Waals surface area contributed by atoms with E-state index in [0.29, 0.717) is 5.88 Å². The molecule has 2 aromatic rings. The molecule has 0 spiro atoms. The largest absolute Gasteiger partial charge is 0.493 e. The van der Waals surface area contributed by atoms with Crippen LogP contribution in [0.4, 0.5) is 8.78 Å². The van der Waals surface area contributed by atoms with Gasteiger partial charge in [0.1, 0.15) is 6.10 Å². The van der Waals surface area contributed by atoms with Gasteiger partial charge in [0.2, 0.25) is 5.88 Å². The van der Waals surface area contributed by atoms with Crippen LogP contribution in [0, 0.1) is 0 Å². The number of aromatic nitrogens is 1. The van der Waals surface area contributed by atoms with E-state index in [9.17, 15) is 13.6 Å². The number of rotatable bonds is 8. The number of alkyl halides is 2. The summed E-state index contributed by atoms with van der Waals surface area (Å²) in [6.45, 7) is -2.88. The summed E-state index contributed by atoms with van der Waals surface area (Å²) in [7, 11) is 1.32. The predicted molar refractivity (Wildman–Crippen MR) is 97.9 cm³/mol. The summed E-state index contributed by atoms with van der Waals surface area (Å²) < 4.78 is 40.8. The fourth-order valence-corrected chi connectivity index (χ4v) is 3.15. The number of para-hydroxylation sites is 1. The van der Waals surface area contributed by atoms with Crippen molar-refractivity contribution in [2.75, 3.05) is 7.11 Å². The van der Waals surface area contributed by atoms with Crippen molar-refractivity contribution in [3.63, 3.8) is 0 Å². The third-order valence-electron chi connectivity index (χ3n) is 4.49. The van der Waals surface area contributed by atoms with Crippen LogP contribution in [0.5, 0.6) is 17.4 Å². The molecular weight excluding hydrogens is 370 g/mol. The standard InChI is InChI=1S/C20H22F2N2O4/c1-26-16-8-4-7-15(18(16)28-20(21)22)19(25)24-12-13-9-10-23-17(11-13)27-14-5-2-3-6-14/h4,7-11,14,20H,2-3,5-6,12H2,1H3,(H,24,25). The van der Waals surface area contributed by atoms with Crippen LogP contribution in [-0.4, -0.2) is 30.7 Å². The summed E-state index contributed by atoms with van der Waals surface area (Å²) in [5, 5.41) is 2.70. The van der Waals surface area contributed by atoms with Crippen LogP contribution >= 0.6 is 0 Å². The maximum atomic E-state index is 12.7. The number of nitrogens with zero attached hydrogens (tertiary/aromatic N) is 1. The van der Waals surface area contributed by atoms with E-state index in [-0.39, 0.29) is 29.7 Å². The highest BCUT2D eigenvalue weighted by atomic mass is 19.3. The fraction of sp³-hybridized carbons (Fsp3) is 0.400. The van der Waals surface area contributed by atoms with Crippen LogP contribution < -0.4 is 19.5 Å². The second-order valence-electron chi connectivity index (χ2n) is 6.42. The van der Waals surface area contributed by atoms with Crippen molar-refractivity contribution in [1.82, 2.24) is 10.3 Å². The highest BCUT2D eigenvalue weighted by molar-refractivity contribution is 5.97. The van der Waals surface area contributed by atoms with E-state index in [1.165, 1.54) is 25.3 Å². The molecule has 8 heteroatoms. The Morgan fingerprint density at radius 3 is 2.79 bits per heavy atom. The molecule has 0 aliphatic heterocycles. The normalized spacial score (nSPS) is 14.1. The molecule has 1 amide bonds. The Labute approximate surface area is 161 Å². The molecule has 1 heterocycles. The molecular formula is C20H22F2N2O4. The van der Waals surface area contributed by atoms with Gasteiger partial charge in [-0.3, -0.25) is 4.79 Å². The minimum Gasteiger partial charge on any atom is -0.493 e. The summed E-state index contributed by atoms with van der Waals surface area (Å²) in [5.74, 6) is -0.270. The number of ether oxygens (including phenoxy) is 3. The molecule has 1 aliphatic rings. The number of carbonyl (C=O) groups excluding carboxylic acids is 1. The zero-order valence-electron chi connectivity index (χ0n) is 15.5. The number of carbonyl (C=O) groups is 1. The Hall–Kier alpha value is -2.90. The molecule has 0 radical (unpaired) electrons. The SMILES string of the molecule is COc1cccc(C(=O)NCc2ccnc(OC3CCCC3)c2)c1OC(F)F. The maximum Gasteiger partial charge on any atom is 0.387 e. The van der Waals surface area contributed by atoms with Crippen molar-refractivity contribution in [2.45, 2.75) is 44.9 Å². The summed E-state index contributed by atoms with van der Waals surface area (Å²) in [6, 6.07) is 7.90.